The summed E-state index contributed by atoms with van der Waals surface area (Å²) in [6, 6.07) is 3.83. The molecular weight excluding hydrogens is 329 g/mol. The molecule has 1 aliphatic rings. The fourth-order valence-electron chi connectivity index (χ4n) is 2.99. The zero-order chi connectivity index (χ0) is 16.1. The molecule has 0 saturated carbocycles. The second-order valence-corrected chi connectivity index (χ2v) is 6.12. The van der Waals surface area contributed by atoms with E-state index in [-0.39, 0.29) is 18.4 Å². The molecule has 1 aliphatic heterocycles. The number of hydrogen-bond acceptors (Lipinski definition) is 3. The van der Waals surface area contributed by atoms with E-state index in [2.05, 4.69) is 16.8 Å². The number of fused-ring (bicyclic) bond motifs is 1. The number of rotatable bonds is 2. The fourth-order valence-corrected chi connectivity index (χ4v) is 2.99. The van der Waals surface area contributed by atoms with Crippen molar-refractivity contribution in [1.82, 2.24) is 14.5 Å². The molecule has 2 N–H and O–H groups in total. The first-order chi connectivity index (χ1) is 10.3. The number of benzene rings is 1. The third kappa shape index (κ3) is 3.46. The maximum absolute atomic E-state index is 12.8. The van der Waals surface area contributed by atoms with Gasteiger partial charge in [0.25, 0.3) is 0 Å². The topological polar surface area (TPSA) is 47.1 Å². The van der Waals surface area contributed by atoms with Crippen LogP contribution in [-0.4, -0.2) is 33.6 Å². The normalized spacial score (nSPS) is 22.5. The van der Waals surface area contributed by atoms with Gasteiger partial charge in [-0.1, -0.05) is 6.92 Å². The summed E-state index contributed by atoms with van der Waals surface area (Å²) in [5.41, 5.74) is 6.43. The predicted molar refractivity (Wildman–Crippen MR) is 85.4 cm³/mol. The monoisotopic (exact) mass is 348 g/mol. The van der Waals surface area contributed by atoms with E-state index in [0.29, 0.717) is 23.5 Å². The second kappa shape index (κ2) is 6.30. The zero-order valence-corrected chi connectivity index (χ0v) is 13.8. The molecule has 2 heterocycles. The van der Waals surface area contributed by atoms with Crippen LogP contribution in [0.25, 0.3) is 11.0 Å². The predicted octanol–water partition coefficient (Wildman–Crippen LogP) is 2.79. The maximum Gasteiger partial charge on any atom is 0.416 e. The number of hydrogen-bond donors (Lipinski definition) is 1. The summed E-state index contributed by atoms with van der Waals surface area (Å²) in [7, 11) is 1.83. The van der Waals surface area contributed by atoms with Crippen LogP contribution in [0.2, 0.25) is 0 Å². The van der Waals surface area contributed by atoms with Gasteiger partial charge in [-0.15, -0.1) is 12.4 Å². The molecule has 1 fully saturated rings. The van der Waals surface area contributed by atoms with Crippen LogP contribution < -0.4 is 5.73 Å². The summed E-state index contributed by atoms with van der Waals surface area (Å²) < 4.78 is 40.2. The molecule has 2 unspecified atom stereocenters. The highest BCUT2D eigenvalue weighted by atomic mass is 35.5. The lowest BCUT2D eigenvalue weighted by Crippen LogP contribution is -2.28. The fraction of sp³-hybridized carbons (Fsp3) is 0.533. The lowest BCUT2D eigenvalue weighted by atomic mass is 10.1. The van der Waals surface area contributed by atoms with Gasteiger partial charge in [-0.05, 0) is 24.1 Å². The Morgan fingerprint density at radius 3 is 2.57 bits per heavy atom. The molecule has 4 nitrogen and oxygen atoms in total. The van der Waals surface area contributed by atoms with Gasteiger partial charge in [-0.25, -0.2) is 4.98 Å². The molecule has 1 aromatic carbocycles. The highest BCUT2D eigenvalue weighted by molar-refractivity contribution is 5.85. The van der Waals surface area contributed by atoms with E-state index in [1.807, 2.05) is 11.6 Å². The van der Waals surface area contributed by atoms with Gasteiger partial charge in [-0.2, -0.15) is 13.2 Å². The quantitative estimate of drug-likeness (QED) is 0.907. The van der Waals surface area contributed by atoms with Gasteiger partial charge in [0, 0.05) is 26.2 Å². The molecule has 0 spiro atoms. The van der Waals surface area contributed by atoms with Crippen LogP contribution >= 0.6 is 12.4 Å². The van der Waals surface area contributed by atoms with Gasteiger partial charge in [-0.3, -0.25) is 4.90 Å². The third-order valence-corrected chi connectivity index (χ3v) is 4.41. The number of nitrogens with zero attached hydrogens (tertiary/aromatic N) is 3. The Bertz CT molecular complexity index is 688. The number of halogens is 4. The van der Waals surface area contributed by atoms with Crippen LogP contribution in [0.4, 0.5) is 13.2 Å². The minimum Gasteiger partial charge on any atom is -0.330 e. The van der Waals surface area contributed by atoms with E-state index in [1.54, 1.807) is 0 Å². The SMILES string of the molecule is CC1CN(Cc2nc3cc(C(F)(F)F)ccc3n2C)CC1N.Cl. The molecule has 0 radical (unpaired) electrons. The molecule has 3 rings (SSSR count). The lowest BCUT2D eigenvalue weighted by Gasteiger charge is -2.14. The average Bonchev–Trinajstić information content (AvgIpc) is 2.90. The molecule has 0 bridgehead atoms. The van der Waals surface area contributed by atoms with Crippen molar-refractivity contribution in [3.8, 4) is 0 Å². The molecule has 128 valence electrons. The van der Waals surface area contributed by atoms with Crippen LogP contribution in [0.15, 0.2) is 18.2 Å². The Morgan fingerprint density at radius 1 is 1.30 bits per heavy atom. The van der Waals surface area contributed by atoms with Gasteiger partial charge in [0.15, 0.2) is 0 Å². The Balaban J connectivity index is 0.00000192. The summed E-state index contributed by atoms with van der Waals surface area (Å²) in [5, 5.41) is 0. The minimum absolute atomic E-state index is 0. The van der Waals surface area contributed by atoms with Crippen molar-refractivity contribution in [3.05, 3.63) is 29.6 Å². The summed E-state index contributed by atoms with van der Waals surface area (Å²) in [4.78, 5) is 6.58. The third-order valence-electron chi connectivity index (χ3n) is 4.41. The van der Waals surface area contributed by atoms with E-state index < -0.39 is 11.7 Å². The van der Waals surface area contributed by atoms with Gasteiger partial charge < -0.3 is 10.3 Å². The maximum atomic E-state index is 12.8. The number of likely N-dealkylation sites (tertiary alicyclic amines) is 1. The van der Waals surface area contributed by atoms with Gasteiger partial charge >= 0.3 is 6.18 Å². The van der Waals surface area contributed by atoms with E-state index in [4.69, 9.17) is 5.73 Å². The van der Waals surface area contributed by atoms with Crippen molar-refractivity contribution in [3.63, 3.8) is 0 Å². The van der Waals surface area contributed by atoms with Gasteiger partial charge in [0.05, 0.1) is 23.1 Å². The van der Waals surface area contributed by atoms with Crippen molar-refractivity contribution in [2.24, 2.45) is 18.7 Å². The van der Waals surface area contributed by atoms with E-state index in [1.165, 1.54) is 6.07 Å². The van der Waals surface area contributed by atoms with Crippen LogP contribution in [-0.2, 0) is 19.8 Å². The first kappa shape index (κ1) is 18.0. The molecular formula is C15H20ClF3N4. The van der Waals surface area contributed by atoms with E-state index in [9.17, 15) is 13.2 Å². The van der Waals surface area contributed by atoms with E-state index in [0.717, 1.165) is 31.0 Å². The molecule has 0 amide bonds. The van der Waals surface area contributed by atoms with Gasteiger partial charge in [0.2, 0.25) is 0 Å². The average molecular weight is 349 g/mol. The molecule has 1 saturated heterocycles. The van der Waals surface area contributed by atoms with Crippen LogP contribution in [0.3, 0.4) is 0 Å². The Morgan fingerprint density at radius 2 is 2.00 bits per heavy atom. The molecule has 0 aliphatic carbocycles. The molecule has 2 atom stereocenters. The van der Waals surface area contributed by atoms with Crippen molar-refractivity contribution in [1.29, 1.82) is 0 Å². The first-order valence-corrected chi connectivity index (χ1v) is 7.26. The number of alkyl halides is 3. The molecule has 23 heavy (non-hydrogen) atoms. The second-order valence-electron chi connectivity index (χ2n) is 6.12. The number of nitrogens with two attached hydrogens (primary N) is 1. The Labute approximate surface area is 138 Å². The summed E-state index contributed by atoms with van der Waals surface area (Å²) in [5.74, 6) is 1.18. The minimum atomic E-state index is -4.34. The molecule has 8 heteroatoms. The van der Waals surface area contributed by atoms with Crippen molar-refractivity contribution >= 4 is 23.4 Å². The first-order valence-electron chi connectivity index (χ1n) is 7.26. The standard InChI is InChI=1S/C15H19F3N4.ClH/c1-9-6-22(7-11(9)19)8-14-20-12-5-10(15(16,17)18)3-4-13(12)21(14)2;/h3-5,9,11H,6-8,19H2,1-2H3;1H. The summed E-state index contributed by atoms with van der Waals surface area (Å²) >= 11 is 0. The number of aromatic nitrogens is 2. The highest BCUT2D eigenvalue weighted by Gasteiger charge is 2.31. The molecule has 2 aromatic rings. The molecule has 1 aromatic heterocycles. The van der Waals surface area contributed by atoms with Crippen molar-refractivity contribution in [2.75, 3.05) is 13.1 Å². The largest absolute Gasteiger partial charge is 0.416 e. The van der Waals surface area contributed by atoms with E-state index >= 15 is 0 Å². The van der Waals surface area contributed by atoms with Crippen molar-refractivity contribution in [2.45, 2.75) is 25.7 Å². The lowest BCUT2D eigenvalue weighted by molar-refractivity contribution is -0.137. The van der Waals surface area contributed by atoms with Crippen LogP contribution in [0, 0.1) is 5.92 Å². The summed E-state index contributed by atoms with van der Waals surface area (Å²) in [6.45, 7) is 4.39. The number of imidazole rings is 1. The van der Waals surface area contributed by atoms with Crippen LogP contribution in [0.5, 0.6) is 0 Å². The van der Waals surface area contributed by atoms with Crippen molar-refractivity contribution < 1.29 is 13.2 Å². The summed E-state index contributed by atoms with van der Waals surface area (Å²) in [6.07, 6.45) is -4.34. The zero-order valence-electron chi connectivity index (χ0n) is 13.0. The Kier molecular flexibility index (Phi) is 4.94. The Hall–Kier alpha value is -1.31. The number of aryl methyl sites for hydroxylation is 1. The van der Waals surface area contributed by atoms with Crippen LogP contribution in [0.1, 0.15) is 18.3 Å². The smallest absolute Gasteiger partial charge is 0.330 e. The van der Waals surface area contributed by atoms with Gasteiger partial charge in [0.1, 0.15) is 5.82 Å². The highest BCUT2D eigenvalue weighted by Crippen LogP contribution is 2.31.